The second-order valence-electron chi connectivity index (χ2n) is 4.11. The van der Waals surface area contributed by atoms with Gasteiger partial charge in [-0.1, -0.05) is 34.8 Å². The molecule has 2 nitrogen and oxygen atoms in total. The van der Waals surface area contributed by atoms with Crippen molar-refractivity contribution in [1.29, 1.82) is 0 Å². The lowest BCUT2D eigenvalue weighted by Crippen LogP contribution is -2.07. The Kier molecular flexibility index (Phi) is 5.51. The van der Waals surface area contributed by atoms with Gasteiger partial charge in [-0.15, -0.1) is 0 Å². The Morgan fingerprint density at radius 2 is 1.67 bits per heavy atom. The maximum Gasteiger partial charge on any atom is 0.387 e. The van der Waals surface area contributed by atoms with Crippen LogP contribution in [0.3, 0.4) is 0 Å². The van der Waals surface area contributed by atoms with E-state index in [-0.39, 0.29) is 12.3 Å². The normalized spacial score (nSPS) is 10.8. The van der Waals surface area contributed by atoms with E-state index in [0.717, 1.165) is 0 Å². The highest BCUT2D eigenvalue weighted by molar-refractivity contribution is 6.35. The van der Waals surface area contributed by atoms with Crippen LogP contribution in [0.15, 0.2) is 36.4 Å². The lowest BCUT2D eigenvalue weighted by atomic mass is 10.2. The van der Waals surface area contributed by atoms with Crippen LogP contribution in [0.2, 0.25) is 15.1 Å². The maximum absolute atomic E-state index is 12.4. The van der Waals surface area contributed by atoms with Gasteiger partial charge in [0.15, 0.2) is 0 Å². The van der Waals surface area contributed by atoms with Gasteiger partial charge in [0.25, 0.3) is 0 Å². The van der Waals surface area contributed by atoms with Crippen LogP contribution in [0.25, 0.3) is 0 Å². The van der Waals surface area contributed by atoms with Crippen LogP contribution < -0.4 is 10.1 Å². The molecular weight excluding hydrogens is 343 g/mol. The number of ether oxygens (including phenoxy) is 1. The summed E-state index contributed by atoms with van der Waals surface area (Å²) in [5.41, 5.74) is 1.07. The number of rotatable bonds is 5. The van der Waals surface area contributed by atoms with Crippen molar-refractivity contribution >= 4 is 40.5 Å². The minimum Gasteiger partial charge on any atom is -0.434 e. The Balaban J connectivity index is 2.18. The molecule has 0 aliphatic heterocycles. The number of nitrogens with one attached hydrogen (secondary N) is 1. The molecule has 2 aromatic rings. The van der Waals surface area contributed by atoms with Crippen molar-refractivity contribution in [2.45, 2.75) is 13.2 Å². The summed E-state index contributed by atoms with van der Waals surface area (Å²) < 4.78 is 29.2. The van der Waals surface area contributed by atoms with Gasteiger partial charge in [-0.3, -0.25) is 0 Å². The van der Waals surface area contributed by atoms with Gasteiger partial charge < -0.3 is 10.1 Å². The van der Waals surface area contributed by atoms with Crippen molar-refractivity contribution in [2.24, 2.45) is 0 Å². The molecule has 7 heteroatoms. The van der Waals surface area contributed by atoms with Crippen molar-refractivity contribution in [3.63, 3.8) is 0 Å². The van der Waals surface area contributed by atoms with Gasteiger partial charge in [0.1, 0.15) is 5.75 Å². The van der Waals surface area contributed by atoms with E-state index in [0.29, 0.717) is 26.3 Å². The molecule has 0 aromatic heterocycles. The van der Waals surface area contributed by atoms with E-state index in [1.165, 1.54) is 12.1 Å². The molecule has 0 heterocycles. The van der Waals surface area contributed by atoms with Crippen LogP contribution in [-0.4, -0.2) is 6.61 Å². The molecule has 0 radical (unpaired) electrons. The molecule has 0 bridgehead atoms. The fourth-order valence-corrected chi connectivity index (χ4v) is 2.27. The molecule has 0 aliphatic carbocycles. The summed E-state index contributed by atoms with van der Waals surface area (Å²) in [6, 6.07) is 9.35. The fourth-order valence-electron chi connectivity index (χ4n) is 1.72. The van der Waals surface area contributed by atoms with Gasteiger partial charge in [-0.2, -0.15) is 8.78 Å². The molecular formula is C14H10Cl3F2NO. The molecule has 0 spiro atoms. The minimum absolute atomic E-state index is 0.0556. The molecule has 0 amide bonds. The van der Waals surface area contributed by atoms with Crippen LogP contribution in [0.1, 0.15) is 5.56 Å². The van der Waals surface area contributed by atoms with Crippen molar-refractivity contribution in [1.82, 2.24) is 0 Å². The summed E-state index contributed by atoms with van der Waals surface area (Å²) in [6.45, 7) is -2.69. The first-order valence-electron chi connectivity index (χ1n) is 5.88. The first kappa shape index (κ1) is 16.1. The number of anilines is 1. The summed E-state index contributed by atoms with van der Waals surface area (Å²) in [5.74, 6) is 0.0556. The average Bonchev–Trinajstić information content (AvgIpc) is 2.42. The van der Waals surface area contributed by atoms with E-state index in [1.807, 2.05) is 0 Å². The number of alkyl halides is 2. The molecule has 2 rings (SSSR count). The van der Waals surface area contributed by atoms with Crippen molar-refractivity contribution in [3.05, 3.63) is 57.0 Å². The van der Waals surface area contributed by atoms with E-state index in [9.17, 15) is 8.78 Å². The standard InChI is InChI=1S/C14H10Cl3F2NO/c15-9-2-4-13(21-14(18)19)8(5-9)7-20-12-6-10(16)1-3-11(12)17/h1-6,14,20H,7H2. The number of hydrogen-bond acceptors (Lipinski definition) is 2. The van der Waals surface area contributed by atoms with E-state index in [1.54, 1.807) is 24.3 Å². The molecule has 0 unspecified atom stereocenters. The highest BCUT2D eigenvalue weighted by atomic mass is 35.5. The average molecular weight is 353 g/mol. The predicted molar refractivity (Wildman–Crippen MR) is 81.9 cm³/mol. The molecule has 0 saturated heterocycles. The second-order valence-corrected chi connectivity index (χ2v) is 5.39. The molecule has 0 atom stereocenters. The summed E-state index contributed by atoms with van der Waals surface area (Å²) in [6.07, 6.45) is 0. The summed E-state index contributed by atoms with van der Waals surface area (Å²) >= 11 is 17.8. The Hall–Kier alpha value is -1.23. The Bertz CT molecular complexity index is 638. The van der Waals surface area contributed by atoms with Gasteiger partial charge >= 0.3 is 6.61 Å². The molecule has 2 aromatic carbocycles. The molecule has 0 aliphatic rings. The van der Waals surface area contributed by atoms with Gasteiger partial charge in [0.05, 0.1) is 10.7 Å². The molecule has 112 valence electrons. The first-order chi connectivity index (χ1) is 9.95. The minimum atomic E-state index is -2.90. The van der Waals surface area contributed by atoms with Crippen LogP contribution in [0.5, 0.6) is 5.75 Å². The monoisotopic (exact) mass is 351 g/mol. The largest absolute Gasteiger partial charge is 0.434 e. The third-order valence-corrected chi connectivity index (χ3v) is 3.44. The Labute approximate surface area is 135 Å². The lowest BCUT2D eigenvalue weighted by molar-refractivity contribution is -0.0504. The fraction of sp³-hybridized carbons (Fsp3) is 0.143. The quantitative estimate of drug-likeness (QED) is 0.727. The van der Waals surface area contributed by atoms with Crippen molar-refractivity contribution < 1.29 is 13.5 Å². The van der Waals surface area contributed by atoms with Gasteiger partial charge in [0.2, 0.25) is 0 Å². The Morgan fingerprint density at radius 1 is 1.00 bits per heavy atom. The van der Waals surface area contributed by atoms with Gasteiger partial charge in [-0.05, 0) is 36.4 Å². The van der Waals surface area contributed by atoms with Crippen molar-refractivity contribution in [2.75, 3.05) is 5.32 Å². The van der Waals surface area contributed by atoms with E-state index in [2.05, 4.69) is 10.1 Å². The zero-order valence-electron chi connectivity index (χ0n) is 10.5. The zero-order valence-corrected chi connectivity index (χ0v) is 12.8. The highest BCUT2D eigenvalue weighted by Gasteiger charge is 2.11. The van der Waals surface area contributed by atoms with E-state index < -0.39 is 6.61 Å². The molecule has 0 fully saturated rings. The predicted octanol–water partition coefficient (Wildman–Crippen LogP) is 5.86. The van der Waals surface area contributed by atoms with Crippen LogP contribution in [0.4, 0.5) is 14.5 Å². The third kappa shape index (κ3) is 4.63. The van der Waals surface area contributed by atoms with Crippen molar-refractivity contribution in [3.8, 4) is 5.75 Å². The SMILES string of the molecule is FC(F)Oc1ccc(Cl)cc1CNc1cc(Cl)ccc1Cl. The molecule has 0 saturated carbocycles. The lowest BCUT2D eigenvalue weighted by Gasteiger charge is -2.13. The van der Waals surface area contributed by atoms with E-state index in [4.69, 9.17) is 34.8 Å². The van der Waals surface area contributed by atoms with Crippen LogP contribution in [-0.2, 0) is 6.54 Å². The topological polar surface area (TPSA) is 21.3 Å². The second kappa shape index (κ2) is 7.16. The number of halogens is 5. The highest BCUT2D eigenvalue weighted by Crippen LogP contribution is 2.29. The van der Waals surface area contributed by atoms with Gasteiger partial charge in [0, 0.05) is 22.2 Å². The smallest absolute Gasteiger partial charge is 0.387 e. The zero-order chi connectivity index (χ0) is 15.4. The first-order valence-corrected chi connectivity index (χ1v) is 7.01. The van der Waals surface area contributed by atoms with Crippen LogP contribution in [0, 0.1) is 0 Å². The number of hydrogen-bond donors (Lipinski definition) is 1. The third-order valence-electron chi connectivity index (χ3n) is 2.64. The Morgan fingerprint density at radius 3 is 2.38 bits per heavy atom. The maximum atomic E-state index is 12.4. The number of benzene rings is 2. The summed E-state index contributed by atoms with van der Waals surface area (Å²) in [4.78, 5) is 0. The molecule has 1 N–H and O–H groups in total. The van der Waals surface area contributed by atoms with E-state index >= 15 is 0 Å². The summed E-state index contributed by atoms with van der Waals surface area (Å²) in [5, 5.41) is 4.41. The van der Waals surface area contributed by atoms with Gasteiger partial charge in [-0.25, -0.2) is 0 Å². The van der Waals surface area contributed by atoms with Crippen LogP contribution >= 0.6 is 34.8 Å². The molecule has 21 heavy (non-hydrogen) atoms. The summed E-state index contributed by atoms with van der Waals surface area (Å²) in [7, 11) is 0.